The fraction of sp³-hybridized carbons (Fsp3) is 1.00. The van der Waals surface area contributed by atoms with E-state index in [0.29, 0.717) is 11.5 Å². The first-order chi connectivity index (χ1) is 11.0. The number of rotatable bonds is 16. The number of hydrogen-bond acceptors (Lipinski definition) is 5. The van der Waals surface area contributed by atoms with Gasteiger partial charge in [0.25, 0.3) is 0 Å². The van der Waals surface area contributed by atoms with E-state index in [1.165, 1.54) is 37.2 Å². The third kappa shape index (κ3) is 14.3. The zero-order chi connectivity index (χ0) is 17.5. The molecule has 0 aliphatic carbocycles. The van der Waals surface area contributed by atoms with Crippen LogP contribution in [-0.4, -0.2) is 53.8 Å². The summed E-state index contributed by atoms with van der Waals surface area (Å²) in [4.78, 5) is 0. The topological polar surface area (TPSA) is 18.5 Å². The third-order valence-electron chi connectivity index (χ3n) is 3.78. The van der Waals surface area contributed by atoms with Crippen LogP contribution in [0.15, 0.2) is 0 Å². The molecule has 0 aliphatic rings. The second-order valence-electron chi connectivity index (χ2n) is 6.47. The molecule has 0 fully saturated rings. The van der Waals surface area contributed by atoms with Gasteiger partial charge in [0.2, 0.25) is 0 Å². The van der Waals surface area contributed by atoms with E-state index in [0.717, 1.165) is 13.2 Å². The van der Waals surface area contributed by atoms with Crippen molar-refractivity contribution in [2.24, 2.45) is 0 Å². The molecule has 0 spiro atoms. The highest BCUT2D eigenvalue weighted by molar-refractivity contribution is 9.09. The highest BCUT2D eigenvalue weighted by Gasteiger charge is 2.14. The van der Waals surface area contributed by atoms with E-state index in [2.05, 4.69) is 40.0 Å². The Labute approximate surface area is 160 Å². The summed E-state index contributed by atoms with van der Waals surface area (Å²) in [6.45, 7) is 15.6. The van der Waals surface area contributed by atoms with E-state index in [1.54, 1.807) is 0 Å². The van der Waals surface area contributed by atoms with Gasteiger partial charge in [0, 0.05) is 36.2 Å². The minimum atomic E-state index is -0.654. The maximum atomic E-state index is 5.86. The Morgan fingerprint density at radius 1 is 0.739 bits per heavy atom. The van der Waals surface area contributed by atoms with Crippen molar-refractivity contribution in [3.63, 3.8) is 0 Å². The van der Waals surface area contributed by atoms with Gasteiger partial charge in [-0.3, -0.25) is 0 Å². The van der Waals surface area contributed by atoms with Crippen LogP contribution in [-0.2, 0) is 9.47 Å². The normalized spacial score (nSPS) is 14.6. The second kappa shape index (κ2) is 16.8. The van der Waals surface area contributed by atoms with Crippen molar-refractivity contribution < 1.29 is 9.47 Å². The third-order valence-corrected chi connectivity index (χ3v) is 12.2. The Kier molecular flexibility index (Phi) is 17.9. The number of hydrogen-bond donors (Lipinski definition) is 0. The molecule has 0 aromatic heterocycles. The molecule has 2 nitrogen and oxygen atoms in total. The Balaban J connectivity index is 3.48. The lowest BCUT2D eigenvalue weighted by Crippen LogP contribution is -2.28. The van der Waals surface area contributed by atoms with E-state index in [1.807, 2.05) is 31.4 Å². The predicted molar refractivity (Wildman–Crippen MR) is 120 cm³/mol. The molecule has 0 aliphatic heterocycles. The largest absolute Gasteiger partial charge is 0.382 e. The zero-order valence-corrected chi connectivity index (χ0v) is 20.8. The Morgan fingerprint density at radius 2 is 1.13 bits per heavy atom. The Hall–Kier alpha value is 1.40. The molecule has 2 atom stereocenters. The molecule has 140 valence electrons. The number of ether oxygens (including phenoxy) is 2. The van der Waals surface area contributed by atoms with Crippen LogP contribution in [0.25, 0.3) is 0 Å². The molecule has 0 heterocycles. The van der Waals surface area contributed by atoms with Crippen molar-refractivity contribution >= 4 is 49.0 Å². The van der Waals surface area contributed by atoms with Crippen LogP contribution < -0.4 is 0 Å². The standard InChI is InChI=1S/C16H38O2S3Si2/c1-7-17-15(22(3)4)11-9-13-19-21-20-14-10-12-16(18-8-2)23(5)6/h15-16,22-23H,7-14H2,1-6H3. The molecule has 7 heteroatoms. The van der Waals surface area contributed by atoms with Gasteiger partial charge in [0.1, 0.15) is 0 Å². The molecule has 0 aromatic rings. The molecule has 0 bridgehead atoms. The van der Waals surface area contributed by atoms with Gasteiger partial charge in [-0.2, -0.15) is 0 Å². The van der Waals surface area contributed by atoms with Crippen molar-refractivity contribution in [2.75, 3.05) is 24.7 Å². The summed E-state index contributed by atoms with van der Waals surface area (Å²) in [5.41, 5.74) is 1.16. The molecule has 0 rings (SSSR count). The summed E-state index contributed by atoms with van der Waals surface area (Å²) >= 11 is 0. The Morgan fingerprint density at radius 3 is 1.43 bits per heavy atom. The maximum Gasteiger partial charge on any atom is 0.0656 e. The molecule has 23 heavy (non-hydrogen) atoms. The van der Waals surface area contributed by atoms with Crippen LogP contribution in [0.1, 0.15) is 39.5 Å². The summed E-state index contributed by atoms with van der Waals surface area (Å²) in [5, 5.41) is 0. The van der Waals surface area contributed by atoms with Crippen molar-refractivity contribution in [3.05, 3.63) is 0 Å². The molecular formula is C16H38O2S3Si2. The average Bonchev–Trinajstić information content (AvgIpc) is 2.50. The van der Waals surface area contributed by atoms with Crippen molar-refractivity contribution in [3.8, 4) is 0 Å². The van der Waals surface area contributed by atoms with Crippen LogP contribution in [0, 0.1) is 0 Å². The van der Waals surface area contributed by atoms with Crippen LogP contribution in [0.4, 0.5) is 0 Å². The first-order valence-electron chi connectivity index (χ1n) is 9.17. The van der Waals surface area contributed by atoms with E-state index < -0.39 is 17.6 Å². The predicted octanol–water partition coefficient (Wildman–Crippen LogP) is 5.44. The molecule has 0 N–H and O–H groups in total. The van der Waals surface area contributed by atoms with Gasteiger partial charge in [-0.15, -0.1) is 0 Å². The lowest BCUT2D eigenvalue weighted by molar-refractivity contribution is 0.108. The molecular weight excluding hydrogens is 377 g/mol. The van der Waals surface area contributed by atoms with Crippen LogP contribution in [0.3, 0.4) is 0 Å². The van der Waals surface area contributed by atoms with Gasteiger partial charge in [-0.05, 0) is 49.4 Å². The fourth-order valence-electron chi connectivity index (χ4n) is 2.44. The minimum absolute atomic E-state index is 0.578. The average molecular weight is 415 g/mol. The van der Waals surface area contributed by atoms with Gasteiger partial charge in [0.15, 0.2) is 0 Å². The van der Waals surface area contributed by atoms with Crippen molar-refractivity contribution in [1.82, 2.24) is 0 Å². The Bertz CT molecular complexity index is 235. The van der Waals surface area contributed by atoms with E-state index in [-0.39, 0.29) is 0 Å². The first kappa shape index (κ1) is 24.4. The monoisotopic (exact) mass is 414 g/mol. The van der Waals surface area contributed by atoms with E-state index in [4.69, 9.17) is 9.47 Å². The zero-order valence-electron chi connectivity index (χ0n) is 16.0. The molecule has 0 saturated carbocycles. The van der Waals surface area contributed by atoms with E-state index >= 15 is 0 Å². The smallest absolute Gasteiger partial charge is 0.0656 e. The highest BCUT2D eigenvalue weighted by atomic mass is 33.5. The minimum Gasteiger partial charge on any atom is -0.382 e. The first-order valence-corrected chi connectivity index (χ1v) is 18.9. The maximum absolute atomic E-state index is 5.86. The van der Waals surface area contributed by atoms with Crippen molar-refractivity contribution in [2.45, 2.75) is 77.2 Å². The summed E-state index contributed by atoms with van der Waals surface area (Å²) in [7, 11) is 4.70. The van der Waals surface area contributed by atoms with Gasteiger partial charge in [0.05, 0.1) is 17.6 Å². The lowest BCUT2D eigenvalue weighted by Gasteiger charge is -2.19. The van der Waals surface area contributed by atoms with Gasteiger partial charge >= 0.3 is 0 Å². The highest BCUT2D eigenvalue weighted by Crippen LogP contribution is 2.36. The molecule has 0 amide bonds. The molecule has 0 radical (unpaired) electrons. The summed E-state index contributed by atoms with van der Waals surface area (Å²) < 4.78 is 11.7. The van der Waals surface area contributed by atoms with Gasteiger partial charge < -0.3 is 9.47 Å². The lowest BCUT2D eigenvalue weighted by atomic mass is 10.3. The molecule has 0 aromatic carbocycles. The quantitative estimate of drug-likeness (QED) is 0.190. The second-order valence-corrected chi connectivity index (χ2v) is 17.4. The van der Waals surface area contributed by atoms with Crippen LogP contribution >= 0.6 is 31.4 Å². The summed E-state index contributed by atoms with van der Waals surface area (Å²) in [6.07, 6.45) is 5.09. The fourth-order valence-corrected chi connectivity index (χ4v) is 9.32. The summed E-state index contributed by atoms with van der Waals surface area (Å²) in [5.74, 6) is 2.51. The van der Waals surface area contributed by atoms with Gasteiger partial charge in [-0.25, -0.2) is 0 Å². The van der Waals surface area contributed by atoms with Crippen LogP contribution in [0.2, 0.25) is 26.2 Å². The van der Waals surface area contributed by atoms with E-state index in [9.17, 15) is 0 Å². The molecule has 0 saturated heterocycles. The molecule has 2 unspecified atom stereocenters. The van der Waals surface area contributed by atoms with Crippen LogP contribution in [0.5, 0.6) is 0 Å². The SMILES string of the molecule is CCOC(CCCSSSCCCC(OCC)[SiH](C)C)[SiH](C)C. The van der Waals surface area contributed by atoms with Crippen molar-refractivity contribution in [1.29, 1.82) is 0 Å². The summed E-state index contributed by atoms with van der Waals surface area (Å²) in [6, 6.07) is 0. The van der Waals surface area contributed by atoms with Gasteiger partial charge in [-0.1, -0.05) is 47.8 Å².